The normalized spacial score (nSPS) is 15.2. The molecule has 0 saturated heterocycles. The fourth-order valence-corrected chi connectivity index (χ4v) is 3.51. The molecule has 1 atom stereocenters. The second-order valence-electron chi connectivity index (χ2n) is 7.82. The second kappa shape index (κ2) is 8.74. The van der Waals surface area contributed by atoms with Gasteiger partial charge in [0.25, 0.3) is 11.8 Å². The lowest BCUT2D eigenvalue weighted by molar-refractivity contribution is -0.125. The Kier molecular flexibility index (Phi) is 5.85. The van der Waals surface area contributed by atoms with Crippen molar-refractivity contribution in [2.75, 3.05) is 16.8 Å². The van der Waals surface area contributed by atoms with E-state index in [1.165, 1.54) is 0 Å². The second-order valence-corrected chi connectivity index (χ2v) is 7.82. The predicted molar refractivity (Wildman–Crippen MR) is 119 cm³/mol. The molecule has 166 valence electrons. The molecule has 8 heteroatoms. The first-order valence-corrected chi connectivity index (χ1v) is 10.3. The SMILES string of the molecule is Cc1ccc(OCC(=O)Nc2ccc3c(c2)N(Cc2c(C)noc2C)C(=O)C(C)O3)cc1. The largest absolute Gasteiger partial charge is 0.484 e. The number of nitrogens with zero attached hydrogens (tertiary/aromatic N) is 2. The third-order valence-electron chi connectivity index (χ3n) is 5.34. The number of aryl methyl sites for hydroxylation is 3. The Hall–Kier alpha value is -3.81. The molecule has 1 unspecified atom stereocenters. The number of ether oxygens (including phenoxy) is 2. The molecule has 8 nitrogen and oxygen atoms in total. The van der Waals surface area contributed by atoms with Gasteiger partial charge in [0.05, 0.1) is 17.9 Å². The Balaban J connectivity index is 1.51. The monoisotopic (exact) mass is 435 g/mol. The lowest BCUT2D eigenvalue weighted by Gasteiger charge is -2.33. The molecule has 0 radical (unpaired) electrons. The van der Waals surface area contributed by atoms with Gasteiger partial charge < -0.3 is 24.2 Å². The third kappa shape index (κ3) is 4.44. The number of anilines is 2. The molecule has 1 aliphatic rings. The van der Waals surface area contributed by atoms with Gasteiger partial charge in [-0.2, -0.15) is 0 Å². The lowest BCUT2D eigenvalue weighted by atomic mass is 10.1. The average Bonchev–Trinajstić information content (AvgIpc) is 3.08. The Morgan fingerprint density at radius 1 is 1.16 bits per heavy atom. The van der Waals surface area contributed by atoms with Crippen molar-refractivity contribution in [2.45, 2.75) is 40.3 Å². The van der Waals surface area contributed by atoms with Crippen LogP contribution in [0.5, 0.6) is 11.5 Å². The highest BCUT2D eigenvalue weighted by Gasteiger charge is 2.33. The van der Waals surface area contributed by atoms with E-state index >= 15 is 0 Å². The minimum Gasteiger partial charge on any atom is -0.484 e. The van der Waals surface area contributed by atoms with Crippen LogP contribution in [0, 0.1) is 20.8 Å². The number of aromatic nitrogens is 1. The number of hydrogen-bond donors (Lipinski definition) is 1. The van der Waals surface area contributed by atoms with Gasteiger partial charge in [-0.3, -0.25) is 9.59 Å². The van der Waals surface area contributed by atoms with Crippen LogP contribution >= 0.6 is 0 Å². The van der Waals surface area contributed by atoms with Crippen LogP contribution in [0.3, 0.4) is 0 Å². The van der Waals surface area contributed by atoms with E-state index in [0.29, 0.717) is 35.2 Å². The number of amides is 2. The number of fused-ring (bicyclic) bond motifs is 1. The summed E-state index contributed by atoms with van der Waals surface area (Å²) in [5.74, 6) is 1.36. The summed E-state index contributed by atoms with van der Waals surface area (Å²) in [7, 11) is 0. The van der Waals surface area contributed by atoms with Gasteiger partial charge in [-0.15, -0.1) is 0 Å². The Morgan fingerprint density at radius 2 is 1.91 bits per heavy atom. The third-order valence-corrected chi connectivity index (χ3v) is 5.34. The van der Waals surface area contributed by atoms with Crippen molar-refractivity contribution < 1.29 is 23.6 Å². The molecule has 2 heterocycles. The van der Waals surface area contributed by atoms with Gasteiger partial charge in [-0.05, 0) is 58.0 Å². The summed E-state index contributed by atoms with van der Waals surface area (Å²) < 4.78 is 16.5. The molecule has 0 aliphatic carbocycles. The van der Waals surface area contributed by atoms with E-state index < -0.39 is 6.10 Å². The molecule has 2 amide bonds. The van der Waals surface area contributed by atoms with E-state index in [4.69, 9.17) is 14.0 Å². The van der Waals surface area contributed by atoms with Gasteiger partial charge in [0, 0.05) is 11.3 Å². The number of carbonyl (C=O) groups is 2. The Morgan fingerprint density at radius 3 is 2.59 bits per heavy atom. The van der Waals surface area contributed by atoms with E-state index in [1.54, 1.807) is 30.0 Å². The smallest absolute Gasteiger partial charge is 0.268 e. The van der Waals surface area contributed by atoms with Gasteiger partial charge in [0.15, 0.2) is 12.7 Å². The summed E-state index contributed by atoms with van der Waals surface area (Å²) in [6, 6.07) is 12.7. The van der Waals surface area contributed by atoms with Crippen LogP contribution < -0.4 is 19.7 Å². The molecule has 1 aromatic heterocycles. The fourth-order valence-electron chi connectivity index (χ4n) is 3.51. The standard InChI is InChI=1S/C24H25N3O5/c1-14-5-8-19(9-6-14)30-13-23(28)25-18-7-10-22-21(11-18)27(24(29)17(4)31-22)12-20-15(2)26-32-16(20)3/h5-11,17H,12-13H2,1-4H3,(H,25,28). The van der Waals surface area contributed by atoms with Crippen molar-refractivity contribution in [3.05, 3.63) is 65.0 Å². The van der Waals surface area contributed by atoms with Crippen LogP contribution in [0.15, 0.2) is 47.0 Å². The predicted octanol–water partition coefficient (Wildman–Crippen LogP) is 3.93. The number of benzene rings is 2. The number of nitrogens with one attached hydrogen (secondary N) is 1. The fraction of sp³-hybridized carbons (Fsp3) is 0.292. The number of rotatable bonds is 6. The Labute approximate surface area is 186 Å². The molecule has 0 saturated carbocycles. The maximum Gasteiger partial charge on any atom is 0.268 e. The van der Waals surface area contributed by atoms with Crippen LogP contribution in [0.2, 0.25) is 0 Å². The molecule has 4 rings (SSSR count). The molecule has 0 fully saturated rings. The molecule has 3 aromatic rings. The van der Waals surface area contributed by atoms with E-state index in [9.17, 15) is 9.59 Å². The van der Waals surface area contributed by atoms with E-state index in [0.717, 1.165) is 16.8 Å². The van der Waals surface area contributed by atoms with Crippen LogP contribution in [-0.4, -0.2) is 29.7 Å². The summed E-state index contributed by atoms with van der Waals surface area (Å²) >= 11 is 0. The van der Waals surface area contributed by atoms with Gasteiger partial charge in [-0.25, -0.2) is 0 Å². The first-order chi connectivity index (χ1) is 15.3. The first-order valence-electron chi connectivity index (χ1n) is 10.3. The van der Waals surface area contributed by atoms with Crippen molar-refractivity contribution in [3.63, 3.8) is 0 Å². The lowest BCUT2D eigenvalue weighted by Crippen LogP contribution is -2.44. The summed E-state index contributed by atoms with van der Waals surface area (Å²) in [6.45, 7) is 7.52. The zero-order valence-corrected chi connectivity index (χ0v) is 18.5. The van der Waals surface area contributed by atoms with E-state index in [-0.39, 0.29) is 18.4 Å². The number of carbonyl (C=O) groups excluding carboxylic acids is 2. The molecular formula is C24H25N3O5. The topological polar surface area (TPSA) is 93.9 Å². The molecule has 0 spiro atoms. The maximum absolute atomic E-state index is 12.9. The van der Waals surface area contributed by atoms with E-state index in [1.807, 2.05) is 45.0 Å². The minimum atomic E-state index is -0.619. The van der Waals surface area contributed by atoms with E-state index in [2.05, 4.69) is 10.5 Å². The highest BCUT2D eigenvalue weighted by molar-refractivity contribution is 6.01. The van der Waals surface area contributed by atoms with Crippen molar-refractivity contribution in [3.8, 4) is 11.5 Å². The maximum atomic E-state index is 12.9. The average molecular weight is 435 g/mol. The van der Waals surface area contributed by atoms with Gasteiger partial charge >= 0.3 is 0 Å². The summed E-state index contributed by atoms with van der Waals surface area (Å²) in [4.78, 5) is 26.9. The van der Waals surface area contributed by atoms with Crippen LogP contribution in [0.4, 0.5) is 11.4 Å². The molecule has 1 N–H and O–H groups in total. The van der Waals surface area contributed by atoms with Crippen molar-refractivity contribution in [1.29, 1.82) is 0 Å². The van der Waals surface area contributed by atoms with Gasteiger partial charge in [-0.1, -0.05) is 22.9 Å². The summed E-state index contributed by atoms with van der Waals surface area (Å²) in [5.41, 5.74) is 3.80. The van der Waals surface area contributed by atoms with Gasteiger partial charge in [0.2, 0.25) is 0 Å². The zero-order valence-electron chi connectivity index (χ0n) is 18.5. The quantitative estimate of drug-likeness (QED) is 0.631. The molecular weight excluding hydrogens is 410 g/mol. The van der Waals surface area contributed by atoms with Crippen molar-refractivity contribution in [2.24, 2.45) is 0 Å². The number of hydrogen-bond acceptors (Lipinski definition) is 6. The first kappa shape index (κ1) is 21.4. The highest BCUT2D eigenvalue weighted by atomic mass is 16.5. The van der Waals surface area contributed by atoms with Gasteiger partial charge in [0.1, 0.15) is 17.3 Å². The zero-order chi connectivity index (χ0) is 22.8. The van der Waals surface area contributed by atoms with Crippen molar-refractivity contribution in [1.82, 2.24) is 5.16 Å². The van der Waals surface area contributed by atoms with Crippen LogP contribution in [0.1, 0.15) is 29.5 Å². The Bertz CT molecular complexity index is 1130. The minimum absolute atomic E-state index is 0.130. The van der Waals surface area contributed by atoms with Crippen molar-refractivity contribution >= 4 is 23.2 Å². The van der Waals surface area contributed by atoms with Crippen LogP contribution in [-0.2, 0) is 16.1 Å². The molecule has 1 aliphatic heterocycles. The summed E-state index contributed by atoms with van der Waals surface area (Å²) in [5, 5.41) is 6.79. The van der Waals surface area contributed by atoms with Crippen LogP contribution in [0.25, 0.3) is 0 Å². The molecule has 2 aromatic carbocycles. The molecule has 32 heavy (non-hydrogen) atoms. The molecule has 0 bridgehead atoms. The summed E-state index contributed by atoms with van der Waals surface area (Å²) in [6.07, 6.45) is -0.619. The highest BCUT2D eigenvalue weighted by Crippen LogP contribution is 2.37.